The topological polar surface area (TPSA) is 0 Å². The maximum absolute atomic E-state index is 2.00. The van der Waals surface area contributed by atoms with Gasteiger partial charge in [0.1, 0.15) is 0 Å². The van der Waals surface area contributed by atoms with Gasteiger partial charge in [0.15, 0.2) is 0 Å². The monoisotopic (exact) mass is 94.1 g/mol. The molecule has 0 saturated heterocycles. The van der Waals surface area contributed by atoms with Gasteiger partial charge in [-0.2, -0.15) is 0 Å². The molecule has 8 heavy (non-hydrogen) atoms. The maximum atomic E-state index is 2.00. The Labute approximate surface area is 74.0 Å². The molecule has 0 fully saturated rings. The van der Waals surface area contributed by atoms with Gasteiger partial charge in [-0.05, 0) is 0 Å². The van der Waals surface area contributed by atoms with Crippen molar-refractivity contribution in [1.29, 1.82) is 0 Å². The van der Waals surface area contributed by atoms with Crippen LogP contribution in [-0.4, -0.2) is 37.7 Å². The predicted molar refractivity (Wildman–Crippen MR) is 40.7 cm³/mol. The van der Waals surface area contributed by atoms with Gasteiger partial charge in [0.25, 0.3) is 0 Å². The first-order chi connectivity index (χ1) is 3.00. The molecule has 0 unspecified atom stereocenters. The molecule has 0 spiro atoms. The molecule has 34 valence electrons. The first-order valence-electron chi connectivity index (χ1n) is 2.00. The van der Waals surface area contributed by atoms with Gasteiger partial charge in [0.05, 0.1) is 0 Å². The summed E-state index contributed by atoms with van der Waals surface area (Å²) in [6, 6.07) is 12.0. The molecule has 0 heterocycles. The van der Waals surface area contributed by atoms with Crippen LogP contribution in [0.5, 0.6) is 0 Å². The Hall–Kier alpha value is 0.415. The van der Waals surface area contributed by atoms with Crippen molar-refractivity contribution in [3.8, 4) is 0 Å². The van der Waals surface area contributed by atoms with E-state index in [1.54, 1.807) is 0 Å². The van der Waals surface area contributed by atoms with Crippen LogP contribution in [0, 0.1) is 0 Å². The molecule has 0 bridgehead atoms. The third kappa shape index (κ3) is 4.57. The summed E-state index contributed by atoms with van der Waals surface area (Å²) in [7, 11) is 0. The van der Waals surface area contributed by atoms with Gasteiger partial charge >= 0.3 is 37.7 Å². The van der Waals surface area contributed by atoms with E-state index < -0.39 is 0 Å². The Kier molecular flexibility index (Phi) is 10.4. The van der Waals surface area contributed by atoms with Crippen LogP contribution in [0.3, 0.4) is 0 Å². The molecule has 1 rings (SSSR count). The summed E-state index contributed by atoms with van der Waals surface area (Å²) in [4.78, 5) is 0. The second-order valence-electron chi connectivity index (χ2n) is 1.15. The molecule has 0 amide bonds. The van der Waals surface area contributed by atoms with Gasteiger partial charge in [0.2, 0.25) is 0 Å². The van der Waals surface area contributed by atoms with Crippen molar-refractivity contribution in [3.05, 3.63) is 36.4 Å². The van der Waals surface area contributed by atoms with Gasteiger partial charge in [-0.25, -0.2) is 0 Å². The fraction of sp³-hybridized carbons (Fsp3) is 0. The summed E-state index contributed by atoms with van der Waals surface area (Å²) in [6.07, 6.45) is 0. The Bertz CT molecular complexity index is 78.5. The molecule has 0 N–H and O–H groups in total. The van der Waals surface area contributed by atoms with E-state index in [9.17, 15) is 0 Å². The zero-order valence-electron chi connectivity index (χ0n) is 3.46. The van der Waals surface area contributed by atoms with Crippen LogP contribution in [0.25, 0.3) is 0 Å². The molecule has 0 saturated carbocycles. The van der Waals surface area contributed by atoms with Crippen LogP contribution >= 0.6 is 0 Å². The maximum Gasteiger partial charge on any atom is -0.0623 e. The van der Waals surface area contributed by atoms with Crippen molar-refractivity contribution < 1.29 is 0 Å². The molecular formula is C6H8Li2. The predicted octanol–water partition coefficient (Wildman–Crippen LogP) is 0.390. The minimum absolute atomic E-state index is 0. The minimum atomic E-state index is 0. The number of hydrogen-bond acceptors (Lipinski definition) is 0. The van der Waals surface area contributed by atoms with Crippen LogP contribution < -0.4 is 0 Å². The van der Waals surface area contributed by atoms with E-state index in [1.165, 1.54) is 0 Å². The second-order valence-corrected chi connectivity index (χ2v) is 1.15. The molecule has 2 heteroatoms. The Morgan fingerprint density at radius 3 is 0.625 bits per heavy atom. The quantitative estimate of drug-likeness (QED) is 0.408. The van der Waals surface area contributed by atoms with Crippen molar-refractivity contribution in [2.75, 3.05) is 0 Å². The molecule has 0 atom stereocenters. The fourth-order valence-corrected chi connectivity index (χ4v) is 0.385. The van der Waals surface area contributed by atoms with Crippen molar-refractivity contribution in [1.82, 2.24) is 0 Å². The second kappa shape index (κ2) is 7.41. The zero-order chi connectivity index (χ0) is 4.24. The van der Waals surface area contributed by atoms with Gasteiger partial charge in [-0.1, -0.05) is 36.4 Å². The van der Waals surface area contributed by atoms with Crippen LogP contribution in [0.1, 0.15) is 0 Å². The van der Waals surface area contributed by atoms with E-state index in [1.807, 2.05) is 36.4 Å². The Morgan fingerprint density at radius 2 is 0.500 bits per heavy atom. The summed E-state index contributed by atoms with van der Waals surface area (Å²) < 4.78 is 0. The van der Waals surface area contributed by atoms with Gasteiger partial charge in [-0.3, -0.25) is 0 Å². The third-order valence-electron chi connectivity index (χ3n) is 0.667. The van der Waals surface area contributed by atoms with Gasteiger partial charge < -0.3 is 0 Å². The molecule has 1 aromatic rings. The van der Waals surface area contributed by atoms with Crippen LogP contribution in [-0.2, 0) is 0 Å². The minimum Gasteiger partial charge on any atom is -0.0623 e. The molecule has 0 nitrogen and oxygen atoms in total. The van der Waals surface area contributed by atoms with Crippen LogP contribution in [0.2, 0.25) is 0 Å². The van der Waals surface area contributed by atoms with Crippen molar-refractivity contribution in [2.24, 2.45) is 0 Å². The number of benzene rings is 1. The number of hydrogen-bond donors (Lipinski definition) is 0. The van der Waals surface area contributed by atoms with Gasteiger partial charge in [0, 0.05) is 0 Å². The van der Waals surface area contributed by atoms with Crippen molar-refractivity contribution >= 4 is 37.7 Å². The SMILES string of the molecule is [LiH].[LiH].c1ccccc1. The molecule has 0 aromatic heterocycles. The van der Waals surface area contributed by atoms with E-state index in [-0.39, 0.29) is 37.7 Å². The largest absolute Gasteiger partial charge is 0.0623 e. The summed E-state index contributed by atoms with van der Waals surface area (Å²) >= 11 is 0. The van der Waals surface area contributed by atoms with Crippen molar-refractivity contribution in [3.63, 3.8) is 0 Å². The Balaban J connectivity index is 0. The third-order valence-corrected chi connectivity index (χ3v) is 0.667. The first-order valence-corrected chi connectivity index (χ1v) is 2.00. The smallest absolute Gasteiger partial charge is 0.0623 e. The summed E-state index contributed by atoms with van der Waals surface area (Å²) in [5.41, 5.74) is 0. The van der Waals surface area contributed by atoms with E-state index in [0.29, 0.717) is 0 Å². The van der Waals surface area contributed by atoms with E-state index in [2.05, 4.69) is 0 Å². The molecule has 0 aliphatic rings. The average Bonchev–Trinajstić information content (AvgIpc) is 1.72. The zero-order valence-corrected chi connectivity index (χ0v) is 3.46. The standard InChI is InChI=1S/C6H6.2Li.2H/c1-2-4-6-5-3-1;;;;/h1-6H;;;;. The Morgan fingerprint density at radius 1 is 0.375 bits per heavy atom. The van der Waals surface area contributed by atoms with Gasteiger partial charge in [-0.15, -0.1) is 0 Å². The summed E-state index contributed by atoms with van der Waals surface area (Å²) in [6.45, 7) is 0. The van der Waals surface area contributed by atoms with E-state index >= 15 is 0 Å². The number of rotatable bonds is 0. The van der Waals surface area contributed by atoms with E-state index in [0.717, 1.165) is 0 Å². The first kappa shape index (κ1) is 11.2. The normalized spacial score (nSPS) is 6.00. The average molecular weight is 94.0 g/mol. The van der Waals surface area contributed by atoms with Crippen molar-refractivity contribution in [2.45, 2.75) is 0 Å². The van der Waals surface area contributed by atoms with E-state index in [4.69, 9.17) is 0 Å². The molecular weight excluding hydrogens is 85.9 g/mol. The van der Waals surface area contributed by atoms with Crippen LogP contribution in [0.15, 0.2) is 36.4 Å². The van der Waals surface area contributed by atoms with Crippen LogP contribution in [0.4, 0.5) is 0 Å². The molecule has 0 radical (unpaired) electrons. The molecule has 0 aliphatic carbocycles. The molecule has 1 aromatic carbocycles. The fourth-order valence-electron chi connectivity index (χ4n) is 0.385. The molecule has 0 aliphatic heterocycles. The summed E-state index contributed by atoms with van der Waals surface area (Å²) in [5, 5.41) is 0. The summed E-state index contributed by atoms with van der Waals surface area (Å²) in [5.74, 6) is 0.